The van der Waals surface area contributed by atoms with Gasteiger partial charge in [0.15, 0.2) is 11.5 Å². The third-order valence-electron chi connectivity index (χ3n) is 5.49. The van der Waals surface area contributed by atoms with Crippen molar-refractivity contribution in [2.45, 2.75) is 19.4 Å². The van der Waals surface area contributed by atoms with Gasteiger partial charge < -0.3 is 19.1 Å². The number of benzene rings is 2. The maximum absolute atomic E-state index is 13.2. The van der Waals surface area contributed by atoms with Gasteiger partial charge in [0.05, 0.1) is 25.3 Å². The molecule has 0 bridgehead atoms. The van der Waals surface area contributed by atoms with Crippen LogP contribution in [0.3, 0.4) is 0 Å². The summed E-state index contributed by atoms with van der Waals surface area (Å²) in [6, 6.07) is 11.6. The van der Waals surface area contributed by atoms with Crippen LogP contribution in [0.4, 0.5) is 0 Å². The van der Waals surface area contributed by atoms with Gasteiger partial charge in [-0.25, -0.2) is 0 Å². The molecule has 0 unspecified atom stereocenters. The zero-order valence-electron chi connectivity index (χ0n) is 17.2. The minimum absolute atomic E-state index is 0.0150. The molecule has 6 nitrogen and oxygen atoms in total. The molecular weight excluding hydrogens is 404 g/mol. The zero-order chi connectivity index (χ0) is 20.9. The Bertz CT molecular complexity index is 888. The first-order valence-electron chi connectivity index (χ1n) is 10.4. The number of methoxy groups -OCH3 is 1. The van der Waals surface area contributed by atoms with Crippen LogP contribution in [0.1, 0.15) is 28.8 Å². The highest BCUT2D eigenvalue weighted by Crippen LogP contribution is 2.38. The Kier molecular flexibility index (Phi) is 6.65. The lowest BCUT2D eigenvalue weighted by Gasteiger charge is -2.23. The zero-order valence-corrected chi connectivity index (χ0v) is 18.0. The first-order chi connectivity index (χ1) is 14.6. The van der Waals surface area contributed by atoms with E-state index >= 15 is 0 Å². The topological polar surface area (TPSA) is 51.2 Å². The predicted molar refractivity (Wildman–Crippen MR) is 116 cm³/mol. The molecule has 30 heavy (non-hydrogen) atoms. The molecule has 160 valence electrons. The van der Waals surface area contributed by atoms with E-state index in [2.05, 4.69) is 17.0 Å². The van der Waals surface area contributed by atoms with Gasteiger partial charge in [0, 0.05) is 44.7 Å². The Labute approximate surface area is 182 Å². The predicted octanol–water partition coefficient (Wildman–Crippen LogP) is 3.86. The molecule has 1 saturated heterocycles. The Morgan fingerprint density at radius 1 is 1.03 bits per heavy atom. The number of hydrogen-bond donors (Lipinski definition) is 0. The fourth-order valence-corrected chi connectivity index (χ4v) is 4.12. The van der Waals surface area contributed by atoms with Crippen molar-refractivity contribution in [3.8, 4) is 17.2 Å². The van der Waals surface area contributed by atoms with Gasteiger partial charge in [-0.2, -0.15) is 0 Å². The molecule has 1 fully saturated rings. The van der Waals surface area contributed by atoms with E-state index in [1.165, 1.54) is 5.56 Å². The van der Waals surface area contributed by atoms with Crippen LogP contribution in [0.25, 0.3) is 0 Å². The fourth-order valence-electron chi connectivity index (χ4n) is 3.86. The molecule has 2 aromatic rings. The van der Waals surface area contributed by atoms with E-state index < -0.39 is 0 Å². The van der Waals surface area contributed by atoms with Crippen molar-refractivity contribution in [3.05, 3.63) is 52.5 Å². The SMILES string of the molecule is COc1ccc(CN2CCCN(C(=O)c3cc(Cl)c4c(c3)OCCCO4)CC2)cc1. The second kappa shape index (κ2) is 9.58. The Balaban J connectivity index is 1.41. The average molecular weight is 431 g/mol. The highest BCUT2D eigenvalue weighted by atomic mass is 35.5. The van der Waals surface area contributed by atoms with Crippen molar-refractivity contribution in [3.63, 3.8) is 0 Å². The number of ether oxygens (including phenoxy) is 3. The highest BCUT2D eigenvalue weighted by molar-refractivity contribution is 6.32. The number of carbonyl (C=O) groups excluding carboxylic acids is 1. The highest BCUT2D eigenvalue weighted by Gasteiger charge is 2.24. The first-order valence-corrected chi connectivity index (χ1v) is 10.8. The van der Waals surface area contributed by atoms with E-state index in [0.717, 1.165) is 44.8 Å². The summed E-state index contributed by atoms with van der Waals surface area (Å²) < 4.78 is 16.6. The quantitative estimate of drug-likeness (QED) is 0.737. The molecule has 0 radical (unpaired) electrons. The van der Waals surface area contributed by atoms with Crippen LogP contribution in [-0.2, 0) is 6.54 Å². The van der Waals surface area contributed by atoms with Crippen LogP contribution < -0.4 is 14.2 Å². The van der Waals surface area contributed by atoms with Gasteiger partial charge in [-0.3, -0.25) is 9.69 Å². The third-order valence-corrected chi connectivity index (χ3v) is 5.77. The van der Waals surface area contributed by atoms with Gasteiger partial charge in [0.25, 0.3) is 5.91 Å². The second-order valence-corrected chi connectivity index (χ2v) is 8.01. The van der Waals surface area contributed by atoms with Crippen molar-refractivity contribution in [1.29, 1.82) is 0 Å². The van der Waals surface area contributed by atoms with Gasteiger partial charge in [0.2, 0.25) is 0 Å². The van der Waals surface area contributed by atoms with Crippen LogP contribution in [0, 0.1) is 0 Å². The molecule has 0 aromatic heterocycles. The van der Waals surface area contributed by atoms with Gasteiger partial charge in [-0.1, -0.05) is 23.7 Å². The van der Waals surface area contributed by atoms with Crippen LogP contribution in [-0.4, -0.2) is 62.2 Å². The van der Waals surface area contributed by atoms with E-state index in [4.69, 9.17) is 25.8 Å². The number of fused-ring (bicyclic) bond motifs is 1. The normalized spacial score (nSPS) is 17.2. The molecule has 2 aliphatic heterocycles. The van der Waals surface area contributed by atoms with E-state index in [1.807, 2.05) is 17.0 Å². The van der Waals surface area contributed by atoms with Crippen LogP contribution in [0.5, 0.6) is 17.2 Å². The fraction of sp³-hybridized carbons (Fsp3) is 0.435. The maximum atomic E-state index is 13.2. The molecule has 2 heterocycles. The van der Waals surface area contributed by atoms with E-state index in [-0.39, 0.29) is 5.91 Å². The number of hydrogen-bond acceptors (Lipinski definition) is 5. The maximum Gasteiger partial charge on any atom is 0.254 e. The van der Waals surface area contributed by atoms with Gasteiger partial charge >= 0.3 is 0 Å². The standard InChI is InChI=1S/C23H27ClN2O4/c1-28-19-6-4-17(5-7-19)16-25-8-2-9-26(11-10-25)23(27)18-14-20(24)22-21(15-18)29-12-3-13-30-22/h4-7,14-15H,2-3,8-13,16H2,1H3. The summed E-state index contributed by atoms with van der Waals surface area (Å²) in [6.07, 6.45) is 1.73. The molecule has 1 amide bonds. The second-order valence-electron chi connectivity index (χ2n) is 7.61. The molecule has 0 spiro atoms. The van der Waals surface area contributed by atoms with E-state index in [0.29, 0.717) is 41.8 Å². The van der Waals surface area contributed by atoms with Crippen molar-refractivity contribution in [2.75, 3.05) is 46.5 Å². The lowest BCUT2D eigenvalue weighted by atomic mass is 10.1. The van der Waals surface area contributed by atoms with Gasteiger partial charge in [0.1, 0.15) is 5.75 Å². The summed E-state index contributed by atoms with van der Waals surface area (Å²) in [7, 11) is 1.67. The minimum atomic E-state index is -0.0150. The van der Waals surface area contributed by atoms with Crippen molar-refractivity contribution >= 4 is 17.5 Å². The van der Waals surface area contributed by atoms with Gasteiger partial charge in [-0.05, 0) is 36.2 Å². The summed E-state index contributed by atoms with van der Waals surface area (Å²) >= 11 is 6.38. The third kappa shape index (κ3) is 4.82. The molecule has 4 rings (SSSR count). The molecule has 2 aromatic carbocycles. The lowest BCUT2D eigenvalue weighted by molar-refractivity contribution is 0.0760. The largest absolute Gasteiger partial charge is 0.497 e. The van der Waals surface area contributed by atoms with E-state index in [1.54, 1.807) is 19.2 Å². The Morgan fingerprint density at radius 2 is 1.83 bits per heavy atom. The Morgan fingerprint density at radius 3 is 2.63 bits per heavy atom. The smallest absolute Gasteiger partial charge is 0.254 e. The lowest BCUT2D eigenvalue weighted by Crippen LogP contribution is -2.35. The summed E-state index contributed by atoms with van der Waals surface area (Å²) in [5.41, 5.74) is 1.79. The van der Waals surface area contributed by atoms with Crippen molar-refractivity contribution in [1.82, 2.24) is 9.80 Å². The molecule has 7 heteroatoms. The summed E-state index contributed by atoms with van der Waals surface area (Å²) in [6.45, 7) is 5.18. The summed E-state index contributed by atoms with van der Waals surface area (Å²) in [4.78, 5) is 17.4. The monoisotopic (exact) mass is 430 g/mol. The molecule has 0 saturated carbocycles. The van der Waals surface area contributed by atoms with Crippen LogP contribution >= 0.6 is 11.6 Å². The molecule has 0 atom stereocenters. The summed E-state index contributed by atoms with van der Waals surface area (Å²) in [5, 5.41) is 0.425. The number of rotatable bonds is 4. The average Bonchev–Trinajstić information content (AvgIpc) is 3.15. The van der Waals surface area contributed by atoms with Crippen LogP contribution in [0.2, 0.25) is 5.02 Å². The van der Waals surface area contributed by atoms with Gasteiger partial charge in [-0.15, -0.1) is 0 Å². The minimum Gasteiger partial charge on any atom is -0.497 e. The van der Waals surface area contributed by atoms with Crippen LogP contribution in [0.15, 0.2) is 36.4 Å². The van der Waals surface area contributed by atoms with Crippen molar-refractivity contribution < 1.29 is 19.0 Å². The van der Waals surface area contributed by atoms with Crippen molar-refractivity contribution in [2.24, 2.45) is 0 Å². The van der Waals surface area contributed by atoms with E-state index in [9.17, 15) is 4.79 Å². The Hall–Kier alpha value is -2.44. The first kappa shape index (κ1) is 20.8. The summed E-state index contributed by atoms with van der Waals surface area (Å²) in [5.74, 6) is 1.94. The number of halogens is 1. The molecular formula is C23H27ClN2O4. The molecule has 0 N–H and O–H groups in total. The number of amides is 1. The number of nitrogens with zero attached hydrogens (tertiary/aromatic N) is 2. The number of carbonyl (C=O) groups is 1. The molecule has 0 aliphatic carbocycles. The molecule has 2 aliphatic rings.